The van der Waals surface area contributed by atoms with Crippen LogP contribution in [0.15, 0.2) is 24.3 Å². The molecule has 0 spiro atoms. The van der Waals surface area contributed by atoms with Crippen LogP contribution in [0.1, 0.15) is 36.0 Å². The molecule has 8 heteroatoms. The summed E-state index contributed by atoms with van der Waals surface area (Å²) in [6.45, 7) is 11.3. The average Bonchev–Trinajstić information content (AvgIpc) is 3.06. The monoisotopic (exact) mass is 458 g/mol. The van der Waals surface area contributed by atoms with Crippen molar-refractivity contribution in [1.29, 1.82) is 0 Å². The molecule has 0 saturated carbocycles. The Morgan fingerprint density at radius 2 is 1.81 bits per heavy atom. The molecule has 1 aliphatic heterocycles. The first-order valence-electron chi connectivity index (χ1n) is 10.5. The molecule has 1 fully saturated rings. The Labute approximate surface area is 191 Å². The fourth-order valence-electron chi connectivity index (χ4n) is 3.67. The number of anilines is 1. The number of hydrogen-bond acceptors (Lipinski definition) is 6. The fourth-order valence-corrected chi connectivity index (χ4v) is 4.82. The maximum atomic E-state index is 12.6. The zero-order chi connectivity index (χ0) is 22.1. The van der Waals surface area contributed by atoms with Gasteiger partial charge in [-0.1, -0.05) is 25.4 Å². The summed E-state index contributed by atoms with van der Waals surface area (Å²) in [5, 5.41) is 1.79. The molecule has 0 aliphatic carbocycles. The normalized spacial score (nSPS) is 14.5. The summed E-state index contributed by atoms with van der Waals surface area (Å²) in [4.78, 5) is 28.8. The summed E-state index contributed by atoms with van der Waals surface area (Å²) in [7, 11) is 0. The largest absolute Gasteiger partial charge is 0.484 e. The second-order valence-corrected chi connectivity index (χ2v) is 9.77. The van der Waals surface area contributed by atoms with E-state index in [1.807, 2.05) is 4.90 Å². The van der Waals surface area contributed by atoms with Crippen molar-refractivity contribution in [3.8, 4) is 5.75 Å². The Morgan fingerprint density at radius 3 is 2.45 bits per heavy atom. The highest BCUT2D eigenvalue weighted by molar-refractivity contribution is 7.18. The number of halogens is 1. The predicted octanol–water partition coefficient (Wildman–Crippen LogP) is 4.81. The first kappa shape index (κ1) is 21.8. The standard InChI is InChI=1S/C23H27ClN4O2S/c1-14(2)21-25-22(20-15(3)16(4)31-23(20)26-21)28-11-9-27(10-12-28)19(29)13-30-18-7-5-17(24)6-8-18/h5-8,14H,9-13H2,1-4H3. The van der Waals surface area contributed by atoms with Crippen molar-refractivity contribution in [3.05, 3.63) is 45.6 Å². The molecular weight excluding hydrogens is 432 g/mol. The molecule has 0 radical (unpaired) electrons. The molecular formula is C23H27ClN4O2S. The minimum atomic E-state index is -0.00661. The summed E-state index contributed by atoms with van der Waals surface area (Å²) in [5.41, 5.74) is 1.25. The van der Waals surface area contributed by atoms with Crippen LogP contribution in [0.5, 0.6) is 5.75 Å². The number of nitrogens with zero attached hydrogens (tertiary/aromatic N) is 4. The average molecular weight is 459 g/mol. The number of piperazine rings is 1. The Morgan fingerprint density at radius 1 is 1.13 bits per heavy atom. The Balaban J connectivity index is 1.45. The second kappa shape index (κ2) is 9.01. The highest BCUT2D eigenvalue weighted by Crippen LogP contribution is 2.36. The van der Waals surface area contributed by atoms with Crippen molar-refractivity contribution in [2.45, 2.75) is 33.6 Å². The van der Waals surface area contributed by atoms with Gasteiger partial charge in [-0.3, -0.25) is 4.79 Å². The van der Waals surface area contributed by atoms with E-state index in [4.69, 9.17) is 26.3 Å². The summed E-state index contributed by atoms with van der Waals surface area (Å²) in [6, 6.07) is 7.04. The lowest BCUT2D eigenvalue weighted by molar-refractivity contribution is -0.133. The molecule has 2 aromatic heterocycles. The summed E-state index contributed by atoms with van der Waals surface area (Å²) in [5.74, 6) is 2.77. The number of benzene rings is 1. The molecule has 3 heterocycles. The molecule has 0 N–H and O–H groups in total. The molecule has 3 aromatic rings. The minimum Gasteiger partial charge on any atom is -0.484 e. The first-order chi connectivity index (χ1) is 14.8. The Kier molecular flexibility index (Phi) is 6.34. The van der Waals surface area contributed by atoms with Gasteiger partial charge in [0.2, 0.25) is 0 Å². The van der Waals surface area contributed by atoms with Crippen LogP contribution in [-0.4, -0.2) is 53.6 Å². The zero-order valence-corrected chi connectivity index (χ0v) is 19.9. The lowest BCUT2D eigenvalue weighted by atomic mass is 10.1. The smallest absolute Gasteiger partial charge is 0.260 e. The van der Waals surface area contributed by atoms with Crippen molar-refractivity contribution >= 4 is 44.9 Å². The van der Waals surface area contributed by atoms with Gasteiger partial charge < -0.3 is 14.5 Å². The lowest BCUT2D eigenvalue weighted by Crippen LogP contribution is -2.50. The maximum Gasteiger partial charge on any atom is 0.260 e. The van der Waals surface area contributed by atoms with E-state index in [-0.39, 0.29) is 18.4 Å². The summed E-state index contributed by atoms with van der Waals surface area (Å²) < 4.78 is 5.62. The van der Waals surface area contributed by atoms with E-state index in [9.17, 15) is 4.79 Å². The molecule has 1 saturated heterocycles. The number of fused-ring (bicyclic) bond motifs is 1. The van der Waals surface area contributed by atoms with Crippen LogP contribution < -0.4 is 9.64 Å². The SMILES string of the molecule is Cc1sc2nc(C(C)C)nc(N3CCN(C(=O)COc4ccc(Cl)cc4)CC3)c2c1C. The molecule has 164 valence electrons. The quantitative estimate of drug-likeness (QED) is 0.549. The van der Waals surface area contributed by atoms with Gasteiger partial charge in [-0.2, -0.15) is 0 Å². The number of carbonyl (C=O) groups excluding carboxylic acids is 1. The van der Waals surface area contributed by atoms with Crippen molar-refractivity contribution in [2.24, 2.45) is 0 Å². The molecule has 4 rings (SSSR count). The topological polar surface area (TPSA) is 58.6 Å². The number of aromatic nitrogens is 2. The number of rotatable bonds is 5. The van der Waals surface area contributed by atoms with Crippen molar-refractivity contribution < 1.29 is 9.53 Å². The molecule has 0 bridgehead atoms. The maximum absolute atomic E-state index is 12.6. The zero-order valence-electron chi connectivity index (χ0n) is 18.3. The number of thiophene rings is 1. The van der Waals surface area contributed by atoms with Crippen LogP contribution >= 0.6 is 22.9 Å². The highest BCUT2D eigenvalue weighted by atomic mass is 35.5. The van der Waals surface area contributed by atoms with E-state index < -0.39 is 0 Å². The third-order valence-electron chi connectivity index (χ3n) is 5.65. The van der Waals surface area contributed by atoms with Crippen molar-refractivity contribution in [1.82, 2.24) is 14.9 Å². The van der Waals surface area contributed by atoms with Gasteiger partial charge in [0.05, 0.1) is 5.39 Å². The first-order valence-corrected chi connectivity index (χ1v) is 11.7. The Bertz CT molecular complexity index is 1090. The third-order valence-corrected chi connectivity index (χ3v) is 7.00. The minimum absolute atomic E-state index is 0.00661. The van der Waals surface area contributed by atoms with Gasteiger partial charge >= 0.3 is 0 Å². The Hall–Kier alpha value is -2.38. The molecule has 1 amide bonds. The van der Waals surface area contributed by atoms with E-state index in [0.29, 0.717) is 23.9 Å². The van der Waals surface area contributed by atoms with E-state index in [1.54, 1.807) is 35.6 Å². The number of carbonyl (C=O) groups is 1. The molecule has 1 aromatic carbocycles. The second-order valence-electron chi connectivity index (χ2n) is 8.13. The third kappa shape index (κ3) is 4.62. The van der Waals surface area contributed by atoms with Crippen molar-refractivity contribution in [3.63, 3.8) is 0 Å². The summed E-state index contributed by atoms with van der Waals surface area (Å²) >= 11 is 7.62. The van der Waals surface area contributed by atoms with Gasteiger partial charge in [0, 0.05) is 42.0 Å². The van der Waals surface area contributed by atoms with Crippen LogP contribution in [0.4, 0.5) is 5.82 Å². The fraction of sp³-hybridized carbons (Fsp3) is 0.435. The van der Waals surface area contributed by atoms with Crippen LogP contribution in [0.2, 0.25) is 5.02 Å². The molecule has 1 aliphatic rings. The van der Waals surface area contributed by atoms with Gasteiger partial charge in [0.25, 0.3) is 5.91 Å². The molecule has 6 nitrogen and oxygen atoms in total. The van der Waals surface area contributed by atoms with Crippen LogP contribution in [0, 0.1) is 13.8 Å². The molecule has 0 unspecified atom stereocenters. The van der Waals surface area contributed by atoms with Gasteiger partial charge in [-0.15, -0.1) is 11.3 Å². The molecule has 0 atom stereocenters. The van der Waals surface area contributed by atoms with Crippen molar-refractivity contribution in [2.75, 3.05) is 37.7 Å². The van der Waals surface area contributed by atoms with Crippen LogP contribution in [0.25, 0.3) is 10.2 Å². The number of aryl methyl sites for hydroxylation is 2. The number of ether oxygens (including phenoxy) is 1. The number of hydrogen-bond donors (Lipinski definition) is 0. The highest BCUT2D eigenvalue weighted by Gasteiger charge is 2.26. The van der Waals surface area contributed by atoms with Gasteiger partial charge in [-0.25, -0.2) is 9.97 Å². The lowest BCUT2D eigenvalue weighted by Gasteiger charge is -2.36. The van der Waals surface area contributed by atoms with Gasteiger partial charge in [0.15, 0.2) is 6.61 Å². The van der Waals surface area contributed by atoms with E-state index in [1.165, 1.54) is 10.4 Å². The van der Waals surface area contributed by atoms with E-state index in [2.05, 4.69) is 32.6 Å². The predicted molar refractivity (Wildman–Crippen MR) is 127 cm³/mol. The van der Waals surface area contributed by atoms with E-state index >= 15 is 0 Å². The van der Waals surface area contributed by atoms with Gasteiger partial charge in [0.1, 0.15) is 22.2 Å². The van der Waals surface area contributed by atoms with Crippen LogP contribution in [-0.2, 0) is 4.79 Å². The summed E-state index contributed by atoms with van der Waals surface area (Å²) in [6.07, 6.45) is 0. The van der Waals surface area contributed by atoms with E-state index in [0.717, 1.165) is 34.9 Å². The van der Waals surface area contributed by atoms with Gasteiger partial charge in [-0.05, 0) is 43.7 Å². The van der Waals surface area contributed by atoms with Crippen LogP contribution in [0.3, 0.4) is 0 Å². The number of amides is 1. The molecule has 31 heavy (non-hydrogen) atoms.